The Morgan fingerprint density at radius 3 is 2.73 bits per heavy atom. The smallest absolute Gasteiger partial charge is 0.247 e. The van der Waals surface area contributed by atoms with Gasteiger partial charge in [-0.25, -0.2) is 0 Å². The van der Waals surface area contributed by atoms with Gasteiger partial charge in [0.1, 0.15) is 0 Å². The van der Waals surface area contributed by atoms with Crippen molar-refractivity contribution in [3.8, 4) is 11.5 Å². The molecule has 1 aliphatic heterocycles. The molecule has 4 heteroatoms. The Bertz CT molecular complexity index is 603. The topological polar surface area (TPSA) is 42.2 Å². The molecule has 3 rings (SSSR count). The summed E-state index contributed by atoms with van der Waals surface area (Å²) in [5, 5.41) is 8.51. The van der Waals surface area contributed by atoms with E-state index in [0.29, 0.717) is 11.8 Å². The lowest BCUT2D eigenvalue weighted by molar-refractivity contribution is 0.305. The van der Waals surface area contributed by atoms with E-state index in [1.54, 1.807) is 0 Å². The molecular formula is C18H25N3O. The lowest BCUT2D eigenvalue weighted by Crippen LogP contribution is -2.22. The fraction of sp³-hybridized carbons (Fsp3) is 0.556. The SMILES string of the molecule is Cc1ccc(-c2nnc(C3CCN(CCC(C)C)C3)o2)cc1. The van der Waals surface area contributed by atoms with Gasteiger partial charge in [0, 0.05) is 12.1 Å². The number of nitrogens with zero attached hydrogens (tertiary/aromatic N) is 3. The van der Waals surface area contributed by atoms with Crippen LogP contribution in [0, 0.1) is 12.8 Å². The second-order valence-electron chi connectivity index (χ2n) is 6.78. The van der Waals surface area contributed by atoms with E-state index in [-0.39, 0.29) is 0 Å². The largest absolute Gasteiger partial charge is 0.420 e. The predicted molar refractivity (Wildman–Crippen MR) is 87.7 cm³/mol. The van der Waals surface area contributed by atoms with Crippen LogP contribution in [-0.4, -0.2) is 34.7 Å². The van der Waals surface area contributed by atoms with Crippen LogP contribution in [0.4, 0.5) is 0 Å². The number of rotatable bonds is 5. The molecule has 2 heterocycles. The Kier molecular flexibility index (Phi) is 4.57. The monoisotopic (exact) mass is 299 g/mol. The van der Waals surface area contributed by atoms with Gasteiger partial charge in [0.15, 0.2) is 0 Å². The molecule has 2 aromatic rings. The van der Waals surface area contributed by atoms with Crippen LogP contribution < -0.4 is 0 Å². The fourth-order valence-corrected chi connectivity index (χ4v) is 2.89. The first kappa shape index (κ1) is 15.2. The highest BCUT2D eigenvalue weighted by atomic mass is 16.4. The molecule has 118 valence electrons. The van der Waals surface area contributed by atoms with Gasteiger partial charge in [-0.15, -0.1) is 10.2 Å². The van der Waals surface area contributed by atoms with Crippen LogP contribution in [0.15, 0.2) is 28.7 Å². The second kappa shape index (κ2) is 6.61. The minimum Gasteiger partial charge on any atom is -0.420 e. The van der Waals surface area contributed by atoms with E-state index < -0.39 is 0 Å². The first-order valence-corrected chi connectivity index (χ1v) is 8.24. The number of benzene rings is 1. The van der Waals surface area contributed by atoms with Gasteiger partial charge in [-0.1, -0.05) is 31.5 Å². The van der Waals surface area contributed by atoms with Gasteiger partial charge in [0.2, 0.25) is 11.8 Å². The van der Waals surface area contributed by atoms with Crippen LogP contribution in [0.5, 0.6) is 0 Å². The van der Waals surface area contributed by atoms with Gasteiger partial charge >= 0.3 is 0 Å². The van der Waals surface area contributed by atoms with Crippen molar-refractivity contribution in [1.29, 1.82) is 0 Å². The summed E-state index contributed by atoms with van der Waals surface area (Å²) < 4.78 is 5.92. The minimum absolute atomic E-state index is 0.388. The molecule has 1 atom stereocenters. The van der Waals surface area contributed by atoms with E-state index in [9.17, 15) is 0 Å². The summed E-state index contributed by atoms with van der Waals surface area (Å²) in [5.41, 5.74) is 2.24. The first-order valence-electron chi connectivity index (χ1n) is 8.24. The molecule has 22 heavy (non-hydrogen) atoms. The van der Waals surface area contributed by atoms with Gasteiger partial charge in [0.05, 0.1) is 5.92 Å². The number of aryl methyl sites for hydroxylation is 1. The molecular weight excluding hydrogens is 274 g/mol. The van der Waals surface area contributed by atoms with Crippen LogP contribution in [0.1, 0.15) is 44.1 Å². The molecule has 0 N–H and O–H groups in total. The summed E-state index contributed by atoms with van der Waals surface area (Å²) in [7, 11) is 0. The van der Waals surface area contributed by atoms with Crippen LogP contribution in [0.25, 0.3) is 11.5 Å². The third kappa shape index (κ3) is 3.55. The van der Waals surface area contributed by atoms with Crippen molar-refractivity contribution in [2.45, 2.75) is 39.5 Å². The molecule has 0 bridgehead atoms. The number of hydrogen-bond acceptors (Lipinski definition) is 4. The number of hydrogen-bond donors (Lipinski definition) is 0. The van der Waals surface area contributed by atoms with Crippen LogP contribution in [0.2, 0.25) is 0 Å². The molecule has 1 aromatic carbocycles. The Morgan fingerprint density at radius 1 is 1.23 bits per heavy atom. The summed E-state index contributed by atoms with van der Waals surface area (Å²) in [4.78, 5) is 2.51. The van der Waals surface area contributed by atoms with E-state index in [1.807, 2.05) is 12.1 Å². The molecule has 1 aliphatic rings. The normalized spacial score (nSPS) is 19.2. The highest BCUT2D eigenvalue weighted by molar-refractivity contribution is 5.52. The van der Waals surface area contributed by atoms with E-state index in [2.05, 4.69) is 48.0 Å². The van der Waals surface area contributed by atoms with E-state index in [0.717, 1.165) is 36.9 Å². The van der Waals surface area contributed by atoms with Gasteiger partial charge in [-0.2, -0.15) is 0 Å². The standard InChI is InChI=1S/C18H25N3O/c1-13(2)8-10-21-11-9-16(12-21)18-20-19-17(22-18)15-6-4-14(3)5-7-15/h4-7,13,16H,8-12H2,1-3H3. The van der Waals surface area contributed by atoms with E-state index >= 15 is 0 Å². The Hall–Kier alpha value is -1.68. The molecule has 0 radical (unpaired) electrons. The molecule has 4 nitrogen and oxygen atoms in total. The summed E-state index contributed by atoms with van der Waals surface area (Å²) in [6, 6.07) is 8.22. The molecule has 1 unspecified atom stereocenters. The van der Waals surface area contributed by atoms with Crippen molar-refractivity contribution in [2.24, 2.45) is 5.92 Å². The second-order valence-corrected chi connectivity index (χ2v) is 6.78. The predicted octanol–water partition coefficient (Wildman–Crippen LogP) is 3.88. The third-order valence-electron chi connectivity index (χ3n) is 4.38. The van der Waals surface area contributed by atoms with Crippen molar-refractivity contribution in [2.75, 3.05) is 19.6 Å². The first-order chi connectivity index (χ1) is 10.6. The molecule has 0 saturated carbocycles. The molecule has 1 saturated heterocycles. The summed E-state index contributed by atoms with van der Waals surface area (Å²) >= 11 is 0. The molecule has 0 aliphatic carbocycles. The van der Waals surface area contributed by atoms with E-state index in [4.69, 9.17) is 4.42 Å². The van der Waals surface area contributed by atoms with Crippen LogP contribution in [0.3, 0.4) is 0 Å². The van der Waals surface area contributed by atoms with Crippen molar-refractivity contribution in [1.82, 2.24) is 15.1 Å². The molecule has 0 spiro atoms. The number of likely N-dealkylation sites (tertiary alicyclic amines) is 1. The Labute approximate surface area is 132 Å². The van der Waals surface area contributed by atoms with E-state index in [1.165, 1.54) is 18.5 Å². The van der Waals surface area contributed by atoms with Crippen molar-refractivity contribution >= 4 is 0 Å². The molecule has 1 fully saturated rings. The average molecular weight is 299 g/mol. The lowest BCUT2D eigenvalue weighted by Gasteiger charge is -2.16. The zero-order chi connectivity index (χ0) is 15.5. The van der Waals surface area contributed by atoms with Crippen LogP contribution in [-0.2, 0) is 0 Å². The maximum Gasteiger partial charge on any atom is 0.247 e. The van der Waals surface area contributed by atoms with Crippen molar-refractivity contribution in [3.63, 3.8) is 0 Å². The Balaban J connectivity index is 1.63. The fourth-order valence-electron chi connectivity index (χ4n) is 2.89. The highest BCUT2D eigenvalue weighted by Crippen LogP contribution is 2.29. The van der Waals surface area contributed by atoms with Gasteiger partial charge in [-0.3, -0.25) is 0 Å². The van der Waals surface area contributed by atoms with Crippen molar-refractivity contribution < 1.29 is 4.42 Å². The Morgan fingerprint density at radius 2 is 2.00 bits per heavy atom. The zero-order valence-electron chi connectivity index (χ0n) is 13.7. The quantitative estimate of drug-likeness (QED) is 0.840. The van der Waals surface area contributed by atoms with Crippen molar-refractivity contribution in [3.05, 3.63) is 35.7 Å². The van der Waals surface area contributed by atoms with Gasteiger partial charge < -0.3 is 9.32 Å². The number of aromatic nitrogens is 2. The summed E-state index contributed by atoms with van der Waals surface area (Å²) in [5.74, 6) is 2.58. The summed E-state index contributed by atoms with van der Waals surface area (Å²) in [6.07, 6.45) is 2.37. The summed E-state index contributed by atoms with van der Waals surface area (Å²) in [6.45, 7) is 9.99. The molecule has 1 aromatic heterocycles. The minimum atomic E-state index is 0.388. The lowest BCUT2D eigenvalue weighted by atomic mass is 10.1. The third-order valence-corrected chi connectivity index (χ3v) is 4.38. The average Bonchev–Trinajstić information content (AvgIpc) is 3.15. The maximum atomic E-state index is 5.92. The van der Waals surface area contributed by atoms with Crippen LogP contribution >= 0.6 is 0 Å². The highest BCUT2D eigenvalue weighted by Gasteiger charge is 2.28. The van der Waals surface area contributed by atoms with Gasteiger partial charge in [-0.05, 0) is 50.9 Å². The maximum absolute atomic E-state index is 5.92. The van der Waals surface area contributed by atoms with Gasteiger partial charge in [0.25, 0.3) is 0 Å². The molecule has 0 amide bonds. The zero-order valence-corrected chi connectivity index (χ0v) is 13.7.